The molecule has 0 unspecified atom stereocenters. The molecule has 2 aliphatic heterocycles. The van der Waals surface area contributed by atoms with Crippen LogP contribution < -0.4 is 9.64 Å². The van der Waals surface area contributed by atoms with E-state index in [2.05, 4.69) is 10.2 Å². The summed E-state index contributed by atoms with van der Waals surface area (Å²) in [7, 11) is 3.67. The van der Waals surface area contributed by atoms with E-state index in [1.807, 2.05) is 42.3 Å². The van der Waals surface area contributed by atoms with Crippen molar-refractivity contribution in [1.82, 2.24) is 24.5 Å². The molecular formula is C27H26ClFN6O2. The second-order valence-corrected chi connectivity index (χ2v) is 9.89. The lowest BCUT2D eigenvalue weighted by Gasteiger charge is -2.34. The number of amides is 1. The molecule has 0 radical (unpaired) electrons. The molecule has 0 bridgehead atoms. The Morgan fingerprint density at radius 1 is 1.14 bits per heavy atom. The number of anilines is 1. The summed E-state index contributed by atoms with van der Waals surface area (Å²) >= 11 is 6.64. The van der Waals surface area contributed by atoms with Crippen molar-refractivity contribution in [3.05, 3.63) is 82.5 Å². The van der Waals surface area contributed by atoms with Crippen LogP contribution in [0.15, 0.2) is 54.7 Å². The molecule has 0 spiro atoms. The number of benzene rings is 2. The van der Waals surface area contributed by atoms with Gasteiger partial charge in [0.1, 0.15) is 23.3 Å². The van der Waals surface area contributed by atoms with Crippen LogP contribution in [0, 0.1) is 5.82 Å². The standard InChI is InChI=1S/C27H26ClFN6O2/c1-32-15-18(16-37-24-12-20(21(29)13-23(24)32)22-9-10-33(2)30-22)34-11-8-19-25(27(34)36)31-35(26(19)28)14-17-6-4-3-5-7-17/h3-7,9-10,12-13,18H,8,11,14-16H2,1-2H3/t18-/m0/s1. The molecule has 190 valence electrons. The van der Waals surface area contributed by atoms with Gasteiger partial charge >= 0.3 is 0 Å². The van der Waals surface area contributed by atoms with Crippen LogP contribution in [0.5, 0.6) is 5.75 Å². The predicted molar refractivity (Wildman–Crippen MR) is 139 cm³/mol. The van der Waals surface area contributed by atoms with Gasteiger partial charge in [0.25, 0.3) is 5.91 Å². The van der Waals surface area contributed by atoms with E-state index in [4.69, 9.17) is 16.3 Å². The minimum absolute atomic E-state index is 0.164. The van der Waals surface area contributed by atoms with E-state index in [9.17, 15) is 4.79 Å². The van der Waals surface area contributed by atoms with Gasteiger partial charge in [-0.25, -0.2) is 9.07 Å². The van der Waals surface area contributed by atoms with Crippen LogP contribution in [0.25, 0.3) is 11.3 Å². The summed E-state index contributed by atoms with van der Waals surface area (Å²) in [6, 6.07) is 14.6. The maximum Gasteiger partial charge on any atom is 0.275 e. The predicted octanol–water partition coefficient (Wildman–Crippen LogP) is 4.02. The van der Waals surface area contributed by atoms with E-state index >= 15 is 4.39 Å². The molecule has 0 N–H and O–H groups in total. The van der Waals surface area contributed by atoms with Gasteiger partial charge in [0.05, 0.1) is 24.0 Å². The zero-order valence-electron chi connectivity index (χ0n) is 20.6. The average Bonchev–Trinajstić information content (AvgIpc) is 3.41. The second kappa shape index (κ2) is 9.23. The number of carbonyl (C=O) groups is 1. The quantitative estimate of drug-likeness (QED) is 0.406. The van der Waals surface area contributed by atoms with Gasteiger partial charge in [-0.1, -0.05) is 41.9 Å². The summed E-state index contributed by atoms with van der Waals surface area (Å²) in [5, 5.41) is 9.42. The van der Waals surface area contributed by atoms with Gasteiger partial charge in [-0.15, -0.1) is 0 Å². The summed E-state index contributed by atoms with van der Waals surface area (Å²) in [4.78, 5) is 17.3. The number of fused-ring (bicyclic) bond motifs is 2. The largest absolute Gasteiger partial charge is 0.489 e. The zero-order valence-corrected chi connectivity index (χ0v) is 21.3. The maximum absolute atomic E-state index is 15.0. The van der Waals surface area contributed by atoms with Gasteiger partial charge in [-0.3, -0.25) is 9.48 Å². The Kier molecular flexibility index (Phi) is 5.87. The molecule has 2 aliphatic rings. The maximum atomic E-state index is 15.0. The van der Waals surface area contributed by atoms with Gasteiger partial charge in [0.15, 0.2) is 5.69 Å². The van der Waals surface area contributed by atoms with Crippen molar-refractivity contribution in [3.63, 3.8) is 0 Å². The van der Waals surface area contributed by atoms with Crippen molar-refractivity contribution in [3.8, 4) is 17.0 Å². The van der Waals surface area contributed by atoms with Crippen LogP contribution in [0.1, 0.15) is 21.6 Å². The normalized spacial score (nSPS) is 17.3. The summed E-state index contributed by atoms with van der Waals surface area (Å²) in [6.07, 6.45) is 2.38. The highest BCUT2D eigenvalue weighted by Crippen LogP contribution is 2.37. The molecule has 37 heavy (non-hydrogen) atoms. The van der Waals surface area contributed by atoms with Gasteiger partial charge < -0.3 is 14.5 Å². The van der Waals surface area contributed by atoms with Crippen molar-refractivity contribution in [1.29, 1.82) is 0 Å². The Labute approximate surface area is 218 Å². The van der Waals surface area contributed by atoms with Crippen LogP contribution >= 0.6 is 11.6 Å². The highest BCUT2D eigenvalue weighted by atomic mass is 35.5. The number of ether oxygens (including phenoxy) is 1. The molecule has 0 fully saturated rings. The zero-order chi connectivity index (χ0) is 25.7. The third-order valence-electron chi connectivity index (χ3n) is 7.03. The minimum Gasteiger partial charge on any atom is -0.489 e. The Morgan fingerprint density at radius 2 is 1.95 bits per heavy atom. The van der Waals surface area contributed by atoms with Gasteiger partial charge in [0, 0.05) is 50.6 Å². The molecule has 8 nitrogen and oxygen atoms in total. The molecule has 1 atom stereocenters. The summed E-state index contributed by atoms with van der Waals surface area (Å²) < 4.78 is 24.5. The first-order valence-electron chi connectivity index (χ1n) is 12.2. The third-order valence-corrected chi connectivity index (χ3v) is 7.45. The number of aromatic nitrogens is 4. The molecule has 0 saturated heterocycles. The van der Waals surface area contributed by atoms with Crippen molar-refractivity contribution >= 4 is 23.2 Å². The second-order valence-electron chi connectivity index (χ2n) is 9.53. The lowest BCUT2D eigenvalue weighted by Crippen LogP contribution is -2.51. The molecule has 2 aromatic heterocycles. The molecule has 6 rings (SSSR count). The van der Waals surface area contributed by atoms with E-state index in [0.29, 0.717) is 59.6 Å². The number of nitrogens with zero attached hydrogens (tertiary/aromatic N) is 6. The number of likely N-dealkylation sites (N-methyl/N-ethyl adjacent to an activating group) is 1. The van der Waals surface area contributed by atoms with Gasteiger partial charge in [-0.2, -0.15) is 10.2 Å². The Hall–Kier alpha value is -3.85. The number of hydrogen-bond acceptors (Lipinski definition) is 5. The molecule has 4 aromatic rings. The SMILES string of the molecule is CN1C[C@H](N2CCc3c(nn(Cc4ccccc4)c3Cl)C2=O)COc2cc(-c3ccn(C)n3)c(F)cc21. The van der Waals surface area contributed by atoms with Gasteiger partial charge in [0.2, 0.25) is 0 Å². The highest BCUT2D eigenvalue weighted by Gasteiger charge is 2.37. The van der Waals surface area contributed by atoms with Crippen molar-refractivity contribution in [2.24, 2.45) is 7.05 Å². The number of carbonyl (C=O) groups excluding carboxylic acids is 1. The Balaban J connectivity index is 1.24. The van der Waals surface area contributed by atoms with Crippen LogP contribution in [0.2, 0.25) is 5.15 Å². The molecule has 0 aliphatic carbocycles. The fourth-order valence-corrected chi connectivity index (χ4v) is 5.39. The Bertz CT molecular complexity index is 1480. The fourth-order valence-electron chi connectivity index (χ4n) is 5.10. The van der Waals surface area contributed by atoms with Crippen LogP contribution in [-0.2, 0) is 20.0 Å². The third kappa shape index (κ3) is 4.23. The van der Waals surface area contributed by atoms with E-state index < -0.39 is 0 Å². The first-order chi connectivity index (χ1) is 17.9. The van der Waals surface area contributed by atoms with Crippen LogP contribution in [0.3, 0.4) is 0 Å². The van der Waals surface area contributed by atoms with Crippen molar-refractivity contribution in [2.45, 2.75) is 19.0 Å². The summed E-state index contributed by atoms with van der Waals surface area (Å²) in [5.74, 6) is 0.0271. The lowest BCUT2D eigenvalue weighted by molar-refractivity contribution is 0.0604. The smallest absolute Gasteiger partial charge is 0.275 e. The van der Waals surface area contributed by atoms with E-state index in [0.717, 1.165) is 11.1 Å². The molecule has 4 heterocycles. The number of halogens is 2. The first kappa shape index (κ1) is 23.5. The number of rotatable bonds is 4. The monoisotopic (exact) mass is 520 g/mol. The molecule has 2 aromatic carbocycles. The van der Waals surface area contributed by atoms with Crippen LogP contribution in [-0.4, -0.2) is 63.2 Å². The average molecular weight is 521 g/mol. The highest BCUT2D eigenvalue weighted by molar-refractivity contribution is 6.31. The lowest BCUT2D eigenvalue weighted by atomic mass is 10.0. The van der Waals surface area contributed by atoms with Crippen molar-refractivity contribution in [2.75, 3.05) is 31.6 Å². The molecule has 10 heteroatoms. The topological polar surface area (TPSA) is 68.4 Å². The Morgan fingerprint density at radius 3 is 2.70 bits per heavy atom. The fraction of sp³-hybridized carbons (Fsp3) is 0.296. The van der Waals surface area contributed by atoms with Crippen molar-refractivity contribution < 1.29 is 13.9 Å². The molecule has 1 amide bonds. The number of aryl methyl sites for hydroxylation is 1. The van der Waals surface area contributed by atoms with Gasteiger partial charge in [-0.05, 0) is 24.1 Å². The molecule has 0 saturated carbocycles. The summed E-state index contributed by atoms with van der Waals surface area (Å²) in [5.41, 5.74) is 3.79. The van der Waals surface area contributed by atoms with E-state index in [1.54, 1.807) is 39.6 Å². The minimum atomic E-state index is -0.372. The van der Waals surface area contributed by atoms with Crippen LogP contribution in [0.4, 0.5) is 10.1 Å². The van der Waals surface area contributed by atoms with E-state index in [-0.39, 0.29) is 24.4 Å². The molecular weight excluding hydrogens is 495 g/mol. The van der Waals surface area contributed by atoms with E-state index in [1.165, 1.54) is 6.07 Å². The summed E-state index contributed by atoms with van der Waals surface area (Å²) in [6.45, 7) is 1.78. The first-order valence-corrected chi connectivity index (χ1v) is 12.5. The number of hydrogen-bond donors (Lipinski definition) is 0.